The summed E-state index contributed by atoms with van der Waals surface area (Å²) in [6.45, 7) is 4.00. The van der Waals surface area contributed by atoms with Gasteiger partial charge in [0.15, 0.2) is 10.8 Å². The van der Waals surface area contributed by atoms with Crippen LogP contribution in [0.5, 0.6) is 0 Å². The van der Waals surface area contributed by atoms with Gasteiger partial charge in [0.1, 0.15) is 5.01 Å². The second-order valence-electron chi connectivity index (χ2n) is 4.23. The average molecular weight is 295 g/mol. The molecule has 0 amide bonds. The van der Waals surface area contributed by atoms with Gasteiger partial charge in [-0.15, -0.1) is 10.2 Å². The van der Waals surface area contributed by atoms with Gasteiger partial charge in [-0.3, -0.25) is 0 Å². The summed E-state index contributed by atoms with van der Waals surface area (Å²) in [7, 11) is 1.90. The molecule has 0 radical (unpaired) electrons. The van der Waals surface area contributed by atoms with Crippen molar-refractivity contribution in [3.05, 3.63) is 10.7 Å². The molecule has 0 saturated carbocycles. The van der Waals surface area contributed by atoms with Crippen molar-refractivity contribution in [2.24, 2.45) is 7.05 Å². The smallest absolute Gasteiger partial charge is 0.203 e. The van der Waals surface area contributed by atoms with Crippen LogP contribution in [0.3, 0.4) is 0 Å². The summed E-state index contributed by atoms with van der Waals surface area (Å²) in [4.78, 5) is 4.54. The zero-order valence-electron chi connectivity index (χ0n) is 10.7. The van der Waals surface area contributed by atoms with Gasteiger partial charge < -0.3 is 11.1 Å². The summed E-state index contributed by atoms with van der Waals surface area (Å²) in [5.41, 5.74) is 7.48. The average Bonchev–Trinajstić information content (AvgIpc) is 3.00. The highest BCUT2D eigenvalue weighted by Gasteiger charge is 2.16. The number of thiazole rings is 1. The molecule has 0 aliphatic carbocycles. The maximum absolute atomic E-state index is 5.59. The molecule has 3 heterocycles. The van der Waals surface area contributed by atoms with Gasteiger partial charge in [-0.1, -0.05) is 22.7 Å². The van der Waals surface area contributed by atoms with Gasteiger partial charge in [-0.05, 0) is 13.8 Å². The molecule has 0 saturated heterocycles. The number of aromatic nitrogens is 5. The van der Waals surface area contributed by atoms with Crippen LogP contribution in [0.1, 0.15) is 23.7 Å². The zero-order chi connectivity index (χ0) is 13.6. The van der Waals surface area contributed by atoms with Gasteiger partial charge in [0.2, 0.25) is 5.13 Å². The minimum absolute atomic E-state index is 0.0311. The number of hydrogen-bond acceptors (Lipinski definition) is 8. The first kappa shape index (κ1) is 12.3. The van der Waals surface area contributed by atoms with Crippen LogP contribution in [0.25, 0.3) is 10.3 Å². The number of fused-ring (bicyclic) bond motifs is 1. The quantitative estimate of drug-likeness (QED) is 0.767. The number of anilines is 2. The maximum Gasteiger partial charge on any atom is 0.203 e. The highest BCUT2D eigenvalue weighted by atomic mass is 32.1. The largest absolute Gasteiger partial charge is 0.374 e. The first-order valence-corrected chi connectivity index (χ1v) is 7.33. The molecule has 9 heteroatoms. The Morgan fingerprint density at radius 3 is 2.74 bits per heavy atom. The van der Waals surface area contributed by atoms with Crippen molar-refractivity contribution in [3.63, 3.8) is 0 Å². The lowest BCUT2D eigenvalue weighted by Gasteiger charge is -2.08. The van der Waals surface area contributed by atoms with Crippen LogP contribution in [0.15, 0.2) is 0 Å². The summed E-state index contributed by atoms with van der Waals surface area (Å²) >= 11 is 2.98. The fraction of sp³-hybridized carbons (Fsp3) is 0.400. The number of aryl methyl sites for hydroxylation is 2. The Kier molecular flexibility index (Phi) is 2.86. The van der Waals surface area contributed by atoms with Crippen LogP contribution >= 0.6 is 22.7 Å². The Morgan fingerprint density at radius 1 is 1.32 bits per heavy atom. The molecule has 0 aliphatic heterocycles. The minimum atomic E-state index is 0.0311. The number of nitrogens with one attached hydrogen (secondary N) is 1. The zero-order valence-corrected chi connectivity index (χ0v) is 12.3. The molecule has 100 valence electrons. The Hall–Kier alpha value is -1.74. The van der Waals surface area contributed by atoms with Crippen LogP contribution < -0.4 is 11.1 Å². The lowest BCUT2D eigenvalue weighted by atomic mass is 10.4. The molecular weight excluding hydrogens is 282 g/mol. The molecule has 19 heavy (non-hydrogen) atoms. The van der Waals surface area contributed by atoms with Crippen molar-refractivity contribution in [1.82, 2.24) is 25.0 Å². The van der Waals surface area contributed by atoms with Gasteiger partial charge in [0.05, 0.1) is 16.4 Å². The van der Waals surface area contributed by atoms with E-state index in [0.717, 1.165) is 26.2 Å². The summed E-state index contributed by atoms with van der Waals surface area (Å²) in [6.07, 6.45) is 0. The fourth-order valence-corrected chi connectivity index (χ4v) is 3.45. The third kappa shape index (κ3) is 2.15. The van der Waals surface area contributed by atoms with E-state index in [4.69, 9.17) is 5.73 Å². The number of nitrogen functional groups attached to an aromatic ring is 1. The molecule has 0 bridgehead atoms. The Balaban J connectivity index is 1.87. The molecule has 1 unspecified atom stereocenters. The molecule has 0 fully saturated rings. The van der Waals surface area contributed by atoms with E-state index in [-0.39, 0.29) is 6.04 Å². The maximum atomic E-state index is 5.59. The molecule has 0 aromatic carbocycles. The minimum Gasteiger partial charge on any atom is -0.374 e. The lowest BCUT2D eigenvalue weighted by molar-refractivity contribution is 0.773. The number of rotatable bonds is 3. The Bertz CT molecular complexity index is 691. The fourth-order valence-electron chi connectivity index (χ4n) is 1.82. The van der Waals surface area contributed by atoms with Crippen molar-refractivity contribution in [2.45, 2.75) is 19.9 Å². The summed E-state index contributed by atoms with van der Waals surface area (Å²) < 4.78 is 2.90. The standard InChI is InChI=1S/C10H13N7S2/c1-4-6-7(17(3)16-4)13-10(18-6)12-5(2)8-14-15-9(11)19-8/h5H,1-3H3,(H2,11,15)(H,12,13). The normalized spacial score (nSPS) is 13.0. The highest BCUT2D eigenvalue weighted by Crippen LogP contribution is 2.31. The van der Waals surface area contributed by atoms with Crippen LogP contribution in [0.4, 0.5) is 10.3 Å². The van der Waals surface area contributed by atoms with Crippen LogP contribution in [-0.2, 0) is 7.05 Å². The van der Waals surface area contributed by atoms with Gasteiger partial charge >= 0.3 is 0 Å². The molecule has 3 aromatic rings. The Morgan fingerprint density at radius 2 is 2.11 bits per heavy atom. The van der Waals surface area contributed by atoms with Crippen molar-refractivity contribution >= 4 is 43.3 Å². The topological polar surface area (TPSA) is 94.5 Å². The van der Waals surface area contributed by atoms with Gasteiger partial charge in [0, 0.05) is 7.05 Å². The van der Waals surface area contributed by atoms with E-state index in [0.29, 0.717) is 5.13 Å². The van der Waals surface area contributed by atoms with Crippen molar-refractivity contribution in [3.8, 4) is 0 Å². The second kappa shape index (κ2) is 4.42. The van der Waals surface area contributed by atoms with Crippen LogP contribution in [0.2, 0.25) is 0 Å². The predicted molar refractivity (Wildman–Crippen MR) is 77.5 cm³/mol. The summed E-state index contributed by atoms with van der Waals surface area (Å²) in [5, 5.41) is 17.7. The van der Waals surface area contributed by atoms with E-state index in [1.807, 2.05) is 20.9 Å². The predicted octanol–water partition coefficient (Wildman–Crippen LogP) is 1.95. The highest BCUT2D eigenvalue weighted by molar-refractivity contribution is 7.22. The molecule has 3 rings (SSSR count). The third-order valence-electron chi connectivity index (χ3n) is 2.71. The summed E-state index contributed by atoms with van der Waals surface area (Å²) in [6, 6.07) is 0.0311. The molecule has 0 aliphatic rings. The van der Waals surface area contributed by atoms with E-state index in [1.165, 1.54) is 11.3 Å². The van der Waals surface area contributed by atoms with E-state index >= 15 is 0 Å². The first-order valence-electron chi connectivity index (χ1n) is 5.70. The number of nitrogens with zero attached hydrogens (tertiary/aromatic N) is 5. The van der Waals surface area contributed by atoms with Crippen LogP contribution in [0, 0.1) is 6.92 Å². The van der Waals surface area contributed by atoms with Crippen molar-refractivity contribution in [1.29, 1.82) is 0 Å². The molecule has 0 spiro atoms. The molecule has 3 N–H and O–H groups in total. The summed E-state index contributed by atoms with van der Waals surface area (Å²) in [5.74, 6) is 0. The Labute approximate surface area is 117 Å². The van der Waals surface area contributed by atoms with E-state index in [1.54, 1.807) is 16.0 Å². The second-order valence-corrected chi connectivity index (χ2v) is 6.27. The van der Waals surface area contributed by atoms with E-state index in [2.05, 4.69) is 25.6 Å². The van der Waals surface area contributed by atoms with Crippen molar-refractivity contribution in [2.75, 3.05) is 11.1 Å². The number of nitrogens with two attached hydrogens (primary N) is 1. The first-order chi connectivity index (χ1) is 9.04. The third-order valence-corrected chi connectivity index (χ3v) is 4.73. The lowest BCUT2D eigenvalue weighted by Crippen LogP contribution is -2.06. The van der Waals surface area contributed by atoms with Crippen molar-refractivity contribution < 1.29 is 0 Å². The molecular formula is C10H13N7S2. The van der Waals surface area contributed by atoms with Gasteiger partial charge in [0.25, 0.3) is 0 Å². The van der Waals surface area contributed by atoms with Gasteiger partial charge in [-0.25, -0.2) is 9.67 Å². The number of hydrogen-bond donors (Lipinski definition) is 2. The van der Waals surface area contributed by atoms with Crippen LogP contribution in [-0.4, -0.2) is 25.0 Å². The van der Waals surface area contributed by atoms with Gasteiger partial charge in [-0.2, -0.15) is 5.10 Å². The molecule has 3 aromatic heterocycles. The SMILES string of the molecule is Cc1nn(C)c2nc(NC(C)c3nnc(N)s3)sc12. The molecule has 1 atom stereocenters. The molecule has 7 nitrogen and oxygen atoms in total. The van der Waals surface area contributed by atoms with E-state index < -0.39 is 0 Å². The monoisotopic (exact) mass is 295 g/mol. The van der Waals surface area contributed by atoms with E-state index in [9.17, 15) is 0 Å².